The van der Waals surface area contributed by atoms with Crippen molar-refractivity contribution in [2.45, 2.75) is 37.1 Å². The highest BCUT2D eigenvalue weighted by atomic mass is 19.3. The Morgan fingerprint density at radius 2 is 2.07 bits per heavy atom. The van der Waals surface area contributed by atoms with Gasteiger partial charge in [-0.15, -0.1) is 0 Å². The predicted octanol–water partition coefficient (Wildman–Crippen LogP) is 1.33. The van der Waals surface area contributed by atoms with Crippen molar-refractivity contribution in [3.63, 3.8) is 0 Å². The number of carboxylic acid groups (broad SMARTS) is 1. The van der Waals surface area contributed by atoms with Gasteiger partial charge < -0.3 is 5.11 Å². The molecule has 2 fully saturated rings. The van der Waals surface area contributed by atoms with Gasteiger partial charge in [0.15, 0.2) is 0 Å². The highest BCUT2D eigenvalue weighted by molar-refractivity contribution is 5.75. The topological polar surface area (TPSA) is 40.5 Å². The highest BCUT2D eigenvalue weighted by Gasteiger charge is 2.53. The summed E-state index contributed by atoms with van der Waals surface area (Å²) in [6, 6.07) is 0. The van der Waals surface area contributed by atoms with E-state index >= 15 is 0 Å². The molecule has 0 radical (unpaired) electrons. The van der Waals surface area contributed by atoms with Crippen LogP contribution in [0.5, 0.6) is 0 Å². The molecular weight excluding hydrogens is 192 g/mol. The molecule has 1 heterocycles. The van der Waals surface area contributed by atoms with Crippen molar-refractivity contribution in [1.82, 2.24) is 4.90 Å². The number of alkyl halides is 2. The minimum atomic E-state index is -3.59. The number of rotatable bonds is 3. The standard InChI is InChI=1S/C9H13F2NO2/c10-9(11,7(13)14)6-12-5-4-8(12)2-1-3-8/h1-6H2,(H,13,14). The Labute approximate surface area is 80.7 Å². The van der Waals surface area contributed by atoms with Crippen molar-refractivity contribution in [2.24, 2.45) is 0 Å². The molecule has 2 rings (SSSR count). The number of nitrogens with zero attached hydrogens (tertiary/aromatic N) is 1. The zero-order valence-electron chi connectivity index (χ0n) is 7.80. The summed E-state index contributed by atoms with van der Waals surface area (Å²) in [6.45, 7) is -0.00873. The zero-order chi connectivity index (χ0) is 10.4. The van der Waals surface area contributed by atoms with E-state index in [0.717, 1.165) is 25.7 Å². The van der Waals surface area contributed by atoms with Crippen molar-refractivity contribution in [1.29, 1.82) is 0 Å². The Morgan fingerprint density at radius 1 is 1.43 bits per heavy atom. The molecule has 1 saturated heterocycles. The monoisotopic (exact) mass is 205 g/mol. The molecule has 3 nitrogen and oxygen atoms in total. The Hall–Kier alpha value is -0.710. The van der Waals surface area contributed by atoms with Gasteiger partial charge in [-0.25, -0.2) is 4.79 Å². The van der Waals surface area contributed by atoms with Crippen LogP contribution < -0.4 is 0 Å². The molecule has 1 aliphatic carbocycles. The fraction of sp³-hybridized carbons (Fsp3) is 0.889. The molecule has 1 saturated carbocycles. The first-order chi connectivity index (χ1) is 6.46. The van der Waals surface area contributed by atoms with Crippen molar-refractivity contribution >= 4 is 5.97 Å². The van der Waals surface area contributed by atoms with Crippen LogP contribution in [-0.4, -0.2) is 40.5 Å². The molecule has 5 heteroatoms. The second-order valence-corrected chi connectivity index (χ2v) is 4.26. The third-order valence-corrected chi connectivity index (χ3v) is 3.50. The van der Waals surface area contributed by atoms with Gasteiger partial charge in [0.25, 0.3) is 0 Å². The molecule has 14 heavy (non-hydrogen) atoms. The van der Waals surface area contributed by atoms with E-state index in [1.165, 1.54) is 0 Å². The number of halogens is 2. The zero-order valence-corrected chi connectivity index (χ0v) is 7.80. The lowest BCUT2D eigenvalue weighted by molar-refractivity contribution is -0.179. The summed E-state index contributed by atoms with van der Waals surface area (Å²) in [5.41, 5.74) is -0.0567. The Balaban J connectivity index is 1.95. The molecule has 1 N–H and O–H groups in total. The van der Waals surface area contributed by atoms with Crippen LogP contribution in [0.25, 0.3) is 0 Å². The third-order valence-electron chi connectivity index (χ3n) is 3.50. The van der Waals surface area contributed by atoms with E-state index < -0.39 is 18.4 Å². The van der Waals surface area contributed by atoms with Gasteiger partial charge in [-0.05, 0) is 25.7 Å². The maximum atomic E-state index is 12.9. The highest BCUT2D eigenvalue weighted by Crippen LogP contribution is 2.47. The molecule has 0 unspecified atom stereocenters. The van der Waals surface area contributed by atoms with Crippen LogP contribution in [-0.2, 0) is 4.79 Å². The van der Waals surface area contributed by atoms with E-state index in [-0.39, 0.29) is 5.54 Å². The fourth-order valence-electron chi connectivity index (χ4n) is 2.29. The van der Waals surface area contributed by atoms with E-state index in [0.29, 0.717) is 6.54 Å². The number of likely N-dealkylation sites (tertiary alicyclic amines) is 1. The van der Waals surface area contributed by atoms with Crippen LogP contribution in [0.15, 0.2) is 0 Å². The maximum absolute atomic E-state index is 12.9. The molecule has 0 bridgehead atoms. The van der Waals surface area contributed by atoms with Gasteiger partial charge in [0, 0.05) is 12.1 Å². The van der Waals surface area contributed by atoms with Gasteiger partial charge in [0.2, 0.25) is 0 Å². The van der Waals surface area contributed by atoms with E-state index in [9.17, 15) is 13.6 Å². The average Bonchev–Trinajstić information content (AvgIpc) is 1.95. The smallest absolute Gasteiger partial charge is 0.375 e. The summed E-state index contributed by atoms with van der Waals surface area (Å²) in [6.07, 6.45) is 3.92. The summed E-state index contributed by atoms with van der Waals surface area (Å²) < 4.78 is 25.8. The normalized spacial score (nSPS) is 25.6. The van der Waals surface area contributed by atoms with Crippen LogP contribution in [0.2, 0.25) is 0 Å². The molecule has 0 aromatic carbocycles. The lowest BCUT2D eigenvalue weighted by atomic mass is 9.68. The number of hydrogen-bond acceptors (Lipinski definition) is 2. The van der Waals surface area contributed by atoms with Crippen LogP contribution in [0.1, 0.15) is 25.7 Å². The van der Waals surface area contributed by atoms with Crippen molar-refractivity contribution in [3.05, 3.63) is 0 Å². The van der Waals surface area contributed by atoms with Crippen LogP contribution in [0.3, 0.4) is 0 Å². The lowest BCUT2D eigenvalue weighted by Crippen LogP contribution is -2.66. The summed E-state index contributed by atoms with van der Waals surface area (Å²) in [5.74, 6) is -5.61. The number of hydrogen-bond donors (Lipinski definition) is 1. The van der Waals surface area contributed by atoms with Gasteiger partial charge in [0.1, 0.15) is 0 Å². The summed E-state index contributed by atoms with van der Waals surface area (Å²) in [7, 11) is 0. The summed E-state index contributed by atoms with van der Waals surface area (Å²) in [4.78, 5) is 11.9. The second kappa shape index (κ2) is 2.89. The van der Waals surface area contributed by atoms with E-state index in [1.54, 1.807) is 4.90 Å². The minimum absolute atomic E-state index is 0.0567. The van der Waals surface area contributed by atoms with Crippen molar-refractivity contribution in [2.75, 3.05) is 13.1 Å². The van der Waals surface area contributed by atoms with Crippen molar-refractivity contribution < 1.29 is 18.7 Å². The number of carboxylic acids is 1. The SMILES string of the molecule is O=C(O)C(F)(F)CN1CCC12CCC2. The summed E-state index contributed by atoms with van der Waals surface area (Å²) in [5, 5.41) is 8.29. The van der Waals surface area contributed by atoms with Crippen LogP contribution >= 0.6 is 0 Å². The molecule has 0 amide bonds. The molecule has 80 valence electrons. The quantitative estimate of drug-likeness (QED) is 0.755. The molecule has 0 atom stereocenters. The number of carbonyl (C=O) groups is 1. The van der Waals surface area contributed by atoms with Gasteiger partial charge in [-0.1, -0.05) is 0 Å². The molecule has 1 spiro atoms. The molecule has 0 aromatic heterocycles. The Morgan fingerprint density at radius 3 is 2.36 bits per heavy atom. The largest absolute Gasteiger partial charge is 0.477 e. The van der Waals surface area contributed by atoms with E-state index in [1.807, 2.05) is 0 Å². The van der Waals surface area contributed by atoms with Gasteiger partial charge in [-0.3, -0.25) is 4.90 Å². The third kappa shape index (κ3) is 1.30. The second-order valence-electron chi connectivity index (χ2n) is 4.26. The van der Waals surface area contributed by atoms with Gasteiger partial charge >= 0.3 is 11.9 Å². The Kier molecular flexibility index (Phi) is 2.03. The van der Waals surface area contributed by atoms with E-state index in [2.05, 4.69) is 0 Å². The first-order valence-electron chi connectivity index (χ1n) is 4.83. The van der Waals surface area contributed by atoms with Crippen LogP contribution in [0.4, 0.5) is 8.78 Å². The minimum Gasteiger partial charge on any atom is -0.477 e. The van der Waals surface area contributed by atoms with Crippen molar-refractivity contribution in [3.8, 4) is 0 Å². The lowest BCUT2D eigenvalue weighted by Gasteiger charge is -2.59. The number of aliphatic carboxylic acids is 1. The maximum Gasteiger partial charge on any atom is 0.375 e. The van der Waals surface area contributed by atoms with Gasteiger partial charge in [-0.2, -0.15) is 8.78 Å². The van der Waals surface area contributed by atoms with E-state index in [4.69, 9.17) is 5.11 Å². The molecule has 1 aliphatic heterocycles. The molecular formula is C9H13F2NO2. The molecule has 0 aromatic rings. The van der Waals surface area contributed by atoms with Crippen LogP contribution in [0, 0.1) is 0 Å². The fourth-order valence-corrected chi connectivity index (χ4v) is 2.29. The predicted molar refractivity (Wildman–Crippen MR) is 45.4 cm³/mol. The first kappa shape index (κ1) is 9.83. The van der Waals surface area contributed by atoms with Gasteiger partial charge in [0.05, 0.1) is 6.54 Å². The average molecular weight is 205 g/mol. The first-order valence-corrected chi connectivity index (χ1v) is 4.83. The Bertz CT molecular complexity index is 258. The molecule has 2 aliphatic rings. The summed E-state index contributed by atoms with van der Waals surface area (Å²) >= 11 is 0.